The molecule has 1 atom stereocenters. The minimum absolute atomic E-state index is 0.00596. The van der Waals surface area contributed by atoms with Crippen LogP contribution in [0.15, 0.2) is 46.9 Å². The predicted molar refractivity (Wildman–Crippen MR) is 103 cm³/mol. The lowest BCUT2D eigenvalue weighted by molar-refractivity contribution is -0.384. The van der Waals surface area contributed by atoms with Gasteiger partial charge in [-0.25, -0.2) is 0 Å². The van der Waals surface area contributed by atoms with Crippen molar-refractivity contribution in [2.24, 2.45) is 0 Å². The van der Waals surface area contributed by atoms with E-state index in [4.69, 9.17) is 27.6 Å². The van der Waals surface area contributed by atoms with Crippen molar-refractivity contribution in [3.8, 4) is 11.5 Å². The smallest absolute Gasteiger partial charge is 0.269 e. The highest BCUT2D eigenvalue weighted by molar-refractivity contribution is 6.35. The Hall–Kier alpha value is -2.48. The van der Waals surface area contributed by atoms with Gasteiger partial charge in [-0.15, -0.1) is 10.2 Å². The lowest BCUT2D eigenvalue weighted by Crippen LogP contribution is -2.22. The highest BCUT2D eigenvalue weighted by Crippen LogP contribution is 2.27. The zero-order valence-electron chi connectivity index (χ0n) is 14.6. The fourth-order valence-electron chi connectivity index (χ4n) is 2.49. The molecule has 2 aromatic carbocycles. The quantitative estimate of drug-likeness (QED) is 0.415. The highest BCUT2D eigenvalue weighted by atomic mass is 35.5. The Morgan fingerprint density at radius 2 is 1.89 bits per heavy atom. The molecule has 0 spiro atoms. The number of nitro benzene ring substituents is 1. The van der Waals surface area contributed by atoms with Crippen molar-refractivity contribution in [3.05, 3.63) is 74.1 Å². The molecule has 27 heavy (non-hydrogen) atoms. The summed E-state index contributed by atoms with van der Waals surface area (Å²) >= 11 is 12.2. The van der Waals surface area contributed by atoms with Crippen LogP contribution in [-0.2, 0) is 6.54 Å². The van der Waals surface area contributed by atoms with Crippen LogP contribution in [0.1, 0.15) is 24.4 Å². The first-order valence-electron chi connectivity index (χ1n) is 8.07. The maximum Gasteiger partial charge on any atom is 0.269 e. The molecule has 0 fully saturated rings. The van der Waals surface area contributed by atoms with E-state index in [0.29, 0.717) is 33.9 Å². The third-order valence-electron chi connectivity index (χ3n) is 4.22. The molecular formula is C18H16Cl2N4O3. The highest BCUT2D eigenvalue weighted by Gasteiger charge is 2.20. The molecule has 1 heterocycles. The summed E-state index contributed by atoms with van der Waals surface area (Å²) in [6.45, 7) is 2.52. The Morgan fingerprint density at radius 3 is 2.52 bits per heavy atom. The van der Waals surface area contributed by atoms with Crippen LogP contribution in [0.5, 0.6) is 0 Å². The second kappa shape index (κ2) is 8.04. The fraction of sp³-hybridized carbons (Fsp3) is 0.222. The van der Waals surface area contributed by atoms with Crippen LogP contribution in [-0.4, -0.2) is 27.1 Å². The van der Waals surface area contributed by atoms with Crippen molar-refractivity contribution in [1.29, 1.82) is 0 Å². The standard InChI is InChI=1S/C18H16Cl2N4O3/c1-11(23(2)10-13-3-6-14(19)9-16(13)20)17-21-22-18(27-17)12-4-7-15(8-5-12)24(25)26/h3-9,11H,10H2,1-2H3/t11-/m0/s1. The fourth-order valence-corrected chi connectivity index (χ4v) is 2.96. The van der Waals surface area contributed by atoms with Gasteiger partial charge < -0.3 is 4.42 Å². The van der Waals surface area contributed by atoms with E-state index in [1.165, 1.54) is 12.1 Å². The Morgan fingerprint density at radius 1 is 1.19 bits per heavy atom. The summed E-state index contributed by atoms with van der Waals surface area (Å²) in [5, 5.41) is 20.1. The van der Waals surface area contributed by atoms with E-state index in [-0.39, 0.29) is 11.7 Å². The largest absolute Gasteiger partial charge is 0.419 e. The maximum atomic E-state index is 10.7. The zero-order chi connectivity index (χ0) is 19.6. The summed E-state index contributed by atoms with van der Waals surface area (Å²) in [5.41, 5.74) is 1.56. The maximum absolute atomic E-state index is 10.7. The molecule has 3 rings (SSSR count). The Labute approximate surface area is 165 Å². The molecule has 0 aliphatic heterocycles. The van der Waals surface area contributed by atoms with Crippen LogP contribution in [0.2, 0.25) is 10.0 Å². The summed E-state index contributed by atoms with van der Waals surface area (Å²) in [6, 6.07) is 11.2. The van der Waals surface area contributed by atoms with Gasteiger partial charge >= 0.3 is 0 Å². The van der Waals surface area contributed by atoms with Gasteiger partial charge in [0.25, 0.3) is 5.69 Å². The Bertz CT molecular complexity index is 959. The van der Waals surface area contributed by atoms with Crippen LogP contribution in [0, 0.1) is 10.1 Å². The predicted octanol–water partition coefficient (Wildman–Crippen LogP) is 5.14. The lowest BCUT2D eigenvalue weighted by Gasteiger charge is -2.22. The van der Waals surface area contributed by atoms with E-state index in [0.717, 1.165) is 5.56 Å². The van der Waals surface area contributed by atoms with Gasteiger partial charge in [0.15, 0.2) is 0 Å². The summed E-state index contributed by atoms with van der Waals surface area (Å²) in [5.74, 6) is 0.751. The van der Waals surface area contributed by atoms with Gasteiger partial charge in [-0.3, -0.25) is 15.0 Å². The number of hydrogen-bond acceptors (Lipinski definition) is 6. The normalized spacial score (nSPS) is 12.3. The van der Waals surface area contributed by atoms with Crippen molar-refractivity contribution in [2.45, 2.75) is 19.5 Å². The number of benzene rings is 2. The minimum Gasteiger partial charge on any atom is -0.419 e. The van der Waals surface area contributed by atoms with Gasteiger partial charge in [0.1, 0.15) is 0 Å². The Balaban J connectivity index is 1.73. The second-order valence-electron chi connectivity index (χ2n) is 6.08. The van der Waals surface area contributed by atoms with E-state index < -0.39 is 4.92 Å². The average molecular weight is 407 g/mol. The number of aromatic nitrogens is 2. The number of nitrogens with zero attached hydrogens (tertiary/aromatic N) is 4. The lowest BCUT2D eigenvalue weighted by atomic mass is 10.2. The van der Waals surface area contributed by atoms with Crippen LogP contribution in [0.25, 0.3) is 11.5 Å². The van der Waals surface area contributed by atoms with Crippen LogP contribution in [0.4, 0.5) is 5.69 Å². The number of halogens is 2. The van der Waals surface area contributed by atoms with E-state index >= 15 is 0 Å². The third-order valence-corrected chi connectivity index (χ3v) is 4.81. The Kier molecular flexibility index (Phi) is 5.74. The van der Waals surface area contributed by atoms with Gasteiger partial charge in [0, 0.05) is 34.3 Å². The monoisotopic (exact) mass is 406 g/mol. The van der Waals surface area contributed by atoms with E-state index in [1.54, 1.807) is 24.3 Å². The average Bonchev–Trinajstić information content (AvgIpc) is 3.13. The van der Waals surface area contributed by atoms with Crippen molar-refractivity contribution in [3.63, 3.8) is 0 Å². The topological polar surface area (TPSA) is 85.3 Å². The first kappa shape index (κ1) is 19.3. The molecule has 0 amide bonds. The first-order chi connectivity index (χ1) is 12.8. The summed E-state index contributed by atoms with van der Waals surface area (Å²) in [6.07, 6.45) is 0. The molecule has 0 N–H and O–H groups in total. The van der Waals surface area contributed by atoms with Gasteiger partial charge in [0.05, 0.1) is 11.0 Å². The van der Waals surface area contributed by atoms with Crippen LogP contribution < -0.4 is 0 Å². The van der Waals surface area contributed by atoms with E-state index in [9.17, 15) is 10.1 Å². The van der Waals surface area contributed by atoms with Crippen molar-refractivity contribution in [1.82, 2.24) is 15.1 Å². The molecule has 0 aliphatic rings. The van der Waals surface area contributed by atoms with Gasteiger partial charge in [-0.2, -0.15) is 0 Å². The van der Waals surface area contributed by atoms with Crippen molar-refractivity contribution < 1.29 is 9.34 Å². The number of non-ortho nitro benzene ring substituents is 1. The van der Waals surface area contributed by atoms with Crippen LogP contribution >= 0.6 is 23.2 Å². The molecular weight excluding hydrogens is 391 g/mol. The molecule has 0 saturated carbocycles. The molecule has 0 aliphatic carbocycles. The van der Waals surface area contributed by atoms with Gasteiger partial charge in [-0.05, 0) is 43.8 Å². The molecule has 0 radical (unpaired) electrons. The molecule has 0 saturated heterocycles. The number of nitro groups is 1. The summed E-state index contributed by atoms with van der Waals surface area (Å²) < 4.78 is 5.75. The second-order valence-corrected chi connectivity index (χ2v) is 6.92. The summed E-state index contributed by atoms with van der Waals surface area (Å²) in [7, 11) is 1.92. The van der Waals surface area contributed by atoms with Gasteiger partial charge in [0.2, 0.25) is 11.8 Å². The SMILES string of the molecule is C[C@@H](c1nnc(-c2ccc([N+](=O)[O-])cc2)o1)N(C)Cc1ccc(Cl)cc1Cl. The first-order valence-corrected chi connectivity index (χ1v) is 8.83. The van der Waals surface area contributed by atoms with Gasteiger partial charge in [-0.1, -0.05) is 29.3 Å². The van der Waals surface area contributed by atoms with Crippen molar-refractivity contribution in [2.75, 3.05) is 7.05 Å². The molecule has 7 nitrogen and oxygen atoms in total. The number of hydrogen-bond donors (Lipinski definition) is 0. The molecule has 0 bridgehead atoms. The van der Waals surface area contributed by atoms with E-state index in [1.807, 2.05) is 24.9 Å². The summed E-state index contributed by atoms with van der Waals surface area (Å²) in [4.78, 5) is 12.3. The van der Waals surface area contributed by atoms with Crippen LogP contribution in [0.3, 0.4) is 0 Å². The molecule has 3 aromatic rings. The third kappa shape index (κ3) is 4.44. The molecule has 0 unspecified atom stereocenters. The zero-order valence-corrected chi connectivity index (χ0v) is 16.1. The van der Waals surface area contributed by atoms with E-state index in [2.05, 4.69) is 10.2 Å². The molecule has 140 valence electrons. The minimum atomic E-state index is -0.456. The molecule has 9 heteroatoms. The molecule has 1 aromatic heterocycles. The number of rotatable bonds is 6. The van der Waals surface area contributed by atoms with Crippen molar-refractivity contribution >= 4 is 28.9 Å².